The Bertz CT molecular complexity index is 324. The quantitative estimate of drug-likeness (QED) is 0.548. The molecule has 0 saturated carbocycles. The van der Waals surface area contributed by atoms with Crippen molar-refractivity contribution in [1.29, 1.82) is 5.41 Å². The molecule has 0 amide bonds. The Balaban J connectivity index is 2.11. The monoisotopic (exact) mass is 192 g/mol. The molecule has 0 aromatic carbocycles. The lowest BCUT2D eigenvalue weighted by molar-refractivity contribution is 0.335. The van der Waals surface area contributed by atoms with Crippen molar-refractivity contribution in [2.24, 2.45) is 0 Å². The number of hydrogen-bond acceptors (Lipinski definition) is 2. The zero-order chi connectivity index (χ0) is 9.97. The summed E-state index contributed by atoms with van der Waals surface area (Å²) >= 11 is 0. The number of piperidine rings is 1. The van der Waals surface area contributed by atoms with Gasteiger partial charge in [0, 0.05) is 13.1 Å². The highest BCUT2D eigenvalue weighted by Gasteiger charge is 2.18. The second-order valence-corrected chi connectivity index (χ2v) is 3.83. The molecular formula is C11H16N2O. The highest BCUT2D eigenvalue weighted by Crippen LogP contribution is 2.16. The lowest BCUT2D eigenvalue weighted by atomic mass is 10.1. The number of nitrogens with zero attached hydrogens (tertiary/aromatic N) is 1. The normalized spacial score (nSPS) is 17.1. The molecule has 1 fully saturated rings. The molecule has 0 atom stereocenters. The molecule has 0 spiro atoms. The lowest BCUT2D eigenvalue weighted by Gasteiger charge is -2.28. The Kier molecular flexibility index (Phi) is 2.57. The maximum atomic E-state index is 8.01. The van der Waals surface area contributed by atoms with E-state index in [4.69, 9.17) is 9.83 Å². The standard InChI is InChI=1S/C11H16N2O/c1-9-5-8-14-10(9)11(12)13-6-3-2-4-7-13/h5,8,12H,2-4,6-7H2,1H3. The number of nitrogens with one attached hydrogen (secondary N) is 1. The molecule has 1 aliphatic heterocycles. The third kappa shape index (κ3) is 1.67. The second-order valence-electron chi connectivity index (χ2n) is 3.83. The van der Waals surface area contributed by atoms with Crippen LogP contribution in [0.1, 0.15) is 30.6 Å². The summed E-state index contributed by atoms with van der Waals surface area (Å²) in [7, 11) is 0. The highest BCUT2D eigenvalue weighted by atomic mass is 16.3. The number of amidine groups is 1. The first-order chi connectivity index (χ1) is 6.79. The van der Waals surface area contributed by atoms with Crippen LogP contribution >= 0.6 is 0 Å². The van der Waals surface area contributed by atoms with Crippen molar-refractivity contribution >= 4 is 5.84 Å². The van der Waals surface area contributed by atoms with E-state index < -0.39 is 0 Å². The van der Waals surface area contributed by atoms with Gasteiger partial charge < -0.3 is 9.32 Å². The topological polar surface area (TPSA) is 40.2 Å². The summed E-state index contributed by atoms with van der Waals surface area (Å²) in [4.78, 5) is 2.11. The van der Waals surface area contributed by atoms with Crippen molar-refractivity contribution in [2.45, 2.75) is 26.2 Å². The van der Waals surface area contributed by atoms with Crippen LogP contribution in [-0.4, -0.2) is 23.8 Å². The lowest BCUT2D eigenvalue weighted by Crippen LogP contribution is -2.35. The molecule has 2 heterocycles. The van der Waals surface area contributed by atoms with Gasteiger partial charge in [-0.05, 0) is 37.8 Å². The van der Waals surface area contributed by atoms with Crippen LogP contribution in [0.4, 0.5) is 0 Å². The van der Waals surface area contributed by atoms with Crippen LogP contribution in [0.5, 0.6) is 0 Å². The van der Waals surface area contributed by atoms with Gasteiger partial charge in [-0.3, -0.25) is 5.41 Å². The predicted molar refractivity (Wildman–Crippen MR) is 55.7 cm³/mol. The molecule has 1 saturated heterocycles. The number of rotatable bonds is 1. The van der Waals surface area contributed by atoms with Gasteiger partial charge in [0.05, 0.1) is 6.26 Å². The van der Waals surface area contributed by atoms with E-state index in [0.717, 1.165) is 24.4 Å². The van der Waals surface area contributed by atoms with Gasteiger partial charge in [-0.1, -0.05) is 0 Å². The number of furan rings is 1. The van der Waals surface area contributed by atoms with Crippen molar-refractivity contribution in [3.63, 3.8) is 0 Å². The first-order valence-electron chi connectivity index (χ1n) is 5.17. The van der Waals surface area contributed by atoms with E-state index in [1.807, 2.05) is 13.0 Å². The van der Waals surface area contributed by atoms with Gasteiger partial charge in [0.25, 0.3) is 0 Å². The number of aryl methyl sites for hydroxylation is 1. The molecule has 3 nitrogen and oxygen atoms in total. The molecule has 0 bridgehead atoms. The number of hydrogen-bond donors (Lipinski definition) is 1. The molecule has 0 unspecified atom stereocenters. The van der Waals surface area contributed by atoms with E-state index in [2.05, 4.69) is 4.90 Å². The van der Waals surface area contributed by atoms with Crippen LogP contribution in [0.3, 0.4) is 0 Å². The van der Waals surface area contributed by atoms with E-state index in [1.165, 1.54) is 19.3 Å². The van der Waals surface area contributed by atoms with Gasteiger partial charge in [-0.25, -0.2) is 0 Å². The fraction of sp³-hybridized carbons (Fsp3) is 0.545. The Morgan fingerprint density at radius 3 is 2.64 bits per heavy atom. The van der Waals surface area contributed by atoms with E-state index in [1.54, 1.807) is 6.26 Å². The summed E-state index contributed by atoms with van der Waals surface area (Å²) in [6.07, 6.45) is 5.34. The van der Waals surface area contributed by atoms with E-state index in [0.29, 0.717) is 5.84 Å². The summed E-state index contributed by atoms with van der Waals surface area (Å²) in [6.45, 7) is 3.98. The largest absolute Gasteiger partial charge is 0.461 e. The molecule has 0 radical (unpaired) electrons. The molecule has 0 aliphatic carbocycles. The van der Waals surface area contributed by atoms with Gasteiger partial charge in [-0.15, -0.1) is 0 Å². The molecule has 1 N–H and O–H groups in total. The minimum absolute atomic E-state index is 0.548. The minimum Gasteiger partial charge on any atom is -0.461 e. The number of likely N-dealkylation sites (tertiary alicyclic amines) is 1. The van der Waals surface area contributed by atoms with Crippen LogP contribution in [-0.2, 0) is 0 Å². The van der Waals surface area contributed by atoms with E-state index in [9.17, 15) is 0 Å². The van der Waals surface area contributed by atoms with E-state index in [-0.39, 0.29) is 0 Å². The van der Waals surface area contributed by atoms with Crippen LogP contribution in [0, 0.1) is 12.3 Å². The minimum atomic E-state index is 0.548. The van der Waals surface area contributed by atoms with Gasteiger partial charge in [-0.2, -0.15) is 0 Å². The SMILES string of the molecule is Cc1ccoc1C(=N)N1CCCCC1. The zero-order valence-electron chi connectivity index (χ0n) is 8.55. The fourth-order valence-electron chi connectivity index (χ4n) is 1.88. The van der Waals surface area contributed by atoms with Crippen LogP contribution < -0.4 is 0 Å². The predicted octanol–water partition coefficient (Wildman–Crippen LogP) is 2.40. The summed E-state index contributed by atoms with van der Waals surface area (Å²) < 4.78 is 5.31. The van der Waals surface area contributed by atoms with Crippen molar-refractivity contribution < 1.29 is 4.42 Å². The first-order valence-corrected chi connectivity index (χ1v) is 5.17. The van der Waals surface area contributed by atoms with Gasteiger partial charge in [0.1, 0.15) is 0 Å². The maximum Gasteiger partial charge on any atom is 0.171 e. The van der Waals surface area contributed by atoms with Crippen molar-refractivity contribution in [3.05, 3.63) is 23.7 Å². The van der Waals surface area contributed by atoms with Crippen molar-refractivity contribution in [1.82, 2.24) is 4.90 Å². The molecule has 1 aromatic heterocycles. The summed E-state index contributed by atoms with van der Waals surface area (Å²) in [5.41, 5.74) is 1.06. The highest BCUT2D eigenvalue weighted by molar-refractivity contribution is 5.95. The second kappa shape index (κ2) is 3.86. The van der Waals surface area contributed by atoms with Gasteiger partial charge in [0.15, 0.2) is 11.6 Å². The van der Waals surface area contributed by atoms with Crippen LogP contribution in [0.2, 0.25) is 0 Å². The van der Waals surface area contributed by atoms with Gasteiger partial charge in [0.2, 0.25) is 0 Å². The average molecular weight is 192 g/mol. The smallest absolute Gasteiger partial charge is 0.171 e. The average Bonchev–Trinajstić information content (AvgIpc) is 2.65. The van der Waals surface area contributed by atoms with Crippen molar-refractivity contribution in [2.75, 3.05) is 13.1 Å². The molecule has 14 heavy (non-hydrogen) atoms. The summed E-state index contributed by atoms with van der Waals surface area (Å²) in [5, 5.41) is 8.01. The Morgan fingerprint density at radius 1 is 1.36 bits per heavy atom. The summed E-state index contributed by atoms with van der Waals surface area (Å²) in [6, 6.07) is 1.91. The fourth-order valence-corrected chi connectivity index (χ4v) is 1.88. The molecule has 3 heteroatoms. The van der Waals surface area contributed by atoms with Crippen LogP contribution in [0.15, 0.2) is 16.7 Å². The van der Waals surface area contributed by atoms with Gasteiger partial charge >= 0.3 is 0 Å². The third-order valence-electron chi connectivity index (χ3n) is 2.75. The Labute approximate surface area is 84.2 Å². The van der Waals surface area contributed by atoms with Crippen LogP contribution in [0.25, 0.3) is 0 Å². The first kappa shape index (κ1) is 9.31. The Morgan fingerprint density at radius 2 is 2.07 bits per heavy atom. The molecule has 76 valence electrons. The van der Waals surface area contributed by atoms with Crippen molar-refractivity contribution in [3.8, 4) is 0 Å². The molecule has 1 aromatic rings. The molecule has 1 aliphatic rings. The molecular weight excluding hydrogens is 176 g/mol. The van der Waals surface area contributed by atoms with E-state index >= 15 is 0 Å². The molecule has 2 rings (SSSR count). The third-order valence-corrected chi connectivity index (χ3v) is 2.75. The summed E-state index contributed by atoms with van der Waals surface area (Å²) in [5.74, 6) is 1.28. The Hall–Kier alpha value is -1.25. The maximum absolute atomic E-state index is 8.01. The zero-order valence-corrected chi connectivity index (χ0v) is 8.55.